The highest BCUT2D eigenvalue weighted by molar-refractivity contribution is 6.18. The number of nitrogens with zero attached hydrogens (tertiary/aromatic N) is 1. The number of benzene rings is 1. The number of aliphatic imine (C=N–C) groups is 1. The van der Waals surface area contributed by atoms with Gasteiger partial charge in [0, 0.05) is 6.08 Å². The van der Waals surface area contributed by atoms with Crippen molar-refractivity contribution < 1.29 is 9.90 Å². The van der Waals surface area contributed by atoms with Crippen LogP contribution in [0.25, 0.3) is 0 Å². The molecule has 1 aromatic rings. The molecule has 0 saturated carbocycles. The van der Waals surface area contributed by atoms with Crippen molar-refractivity contribution in [2.45, 2.75) is 0 Å². The van der Waals surface area contributed by atoms with Crippen LogP contribution in [0.5, 0.6) is 0 Å². The van der Waals surface area contributed by atoms with Crippen LogP contribution in [0.3, 0.4) is 0 Å². The van der Waals surface area contributed by atoms with Gasteiger partial charge in [-0.3, -0.25) is 4.79 Å². The van der Waals surface area contributed by atoms with E-state index in [1.54, 1.807) is 6.08 Å². The molecule has 0 amide bonds. The lowest BCUT2D eigenvalue weighted by Crippen LogP contribution is -2.06. The fraction of sp³-hybridized carbons (Fsp3) is 0. The number of hydrogen-bond donors (Lipinski definition) is 1. The smallest absolute Gasteiger partial charge is 0.220 e. The Morgan fingerprint density at radius 2 is 1.80 bits per heavy atom. The molecule has 0 unspecified atom stereocenters. The minimum Gasteiger partial charge on any atom is -0.504 e. The molecule has 1 aromatic carbocycles. The second-order valence-corrected chi connectivity index (χ2v) is 3.10. The van der Waals surface area contributed by atoms with E-state index in [0.717, 1.165) is 5.69 Å². The van der Waals surface area contributed by atoms with Gasteiger partial charge in [-0.25, -0.2) is 4.99 Å². The molecule has 0 heterocycles. The lowest BCUT2D eigenvalue weighted by Gasteiger charge is -2.02. The SMILES string of the molecule is O=C1C=C/C(=N/c2ccccc2)C=C1O. The Kier molecular flexibility index (Phi) is 2.46. The molecule has 0 atom stereocenters. The Balaban J connectivity index is 2.30. The zero-order valence-corrected chi connectivity index (χ0v) is 7.92. The molecule has 0 radical (unpaired) electrons. The summed E-state index contributed by atoms with van der Waals surface area (Å²) in [5.41, 5.74) is 1.36. The highest BCUT2D eigenvalue weighted by Crippen LogP contribution is 2.13. The molecule has 1 aliphatic carbocycles. The maximum absolute atomic E-state index is 10.9. The summed E-state index contributed by atoms with van der Waals surface area (Å²) in [5, 5.41) is 9.21. The number of carbonyl (C=O) groups is 1. The van der Waals surface area contributed by atoms with Crippen LogP contribution in [-0.4, -0.2) is 16.6 Å². The summed E-state index contributed by atoms with van der Waals surface area (Å²) in [6.45, 7) is 0. The molecular formula is C12H9NO2. The molecule has 0 aliphatic heterocycles. The molecule has 1 N–H and O–H groups in total. The first-order valence-corrected chi connectivity index (χ1v) is 4.52. The summed E-state index contributed by atoms with van der Waals surface area (Å²) in [6.07, 6.45) is 4.24. The van der Waals surface area contributed by atoms with Gasteiger partial charge in [-0.2, -0.15) is 0 Å². The van der Waals surface area contributed by atoms with Gasteiger partial charge >= 0.3 is 0 Å². The quantitative estimate of drug-likeness (QED) is 0.706. The molecule has 1 aliphatic rings. The Morgan fingerprint density at radius 3 is 2.47 bits per heavy atom. The second-order valence-electron chi connectivity index (χ2n) is 3.10. The highest BCUT2D eigenvalue weighted by Gasteiger charge is 2.09. The topological polar surface area (TPSA) is 49.7 Å². The first-order chi connectivity index (χ1) is 7.25. The van der Waals surface area contributed by atoms with Crippen molar-refractivity contribution in [1.82, 2.24) is 0 Å². The number of rotatable bonds is 1. The fourth-order valence-electron chi connectivity index (χ4n) is 1.23. The van der Waals surface area contributed by atoms with Gasteiger partial charge in [0.2, 0.25) is 5.78 Å². The zero-order valence-electron chi connectivity index (χ0n) is 7.92. The van der Waals surface area contributed by atoms with E-state index in [1.165, 1.54) is 12.2 Å². The van der Waals surface area contributed by atoms with E-state index in [4.69, 9.17) is 0 Å². The van der Waals surface area contributed by atoms with E-state index in [1.807, 2.05) is 30.3 Å². The minimum atomic E-state index is -0.387. The number of allylic oxidation sites excluding steroid dienone is 3. The third kappa shape index (κ3) is 2.20. The molecule has 0 fully saturated rings. The molecule has 0 saturated heterocycles. The number of ketones is 1. The van der Waals surface area contributed by atoms with E-state index in [-0.39, 0.29) is 11.5 Å². The normalized spacial score (nSPS) is 18.0. The maximum Gasteiger partial charge on any atom is 0.220 e. The number of para-hydroxylation sites is 1. The van der Waals surface area contributed by atoms with Crippen LogP contribution < -0.4 is 0 Å². The summed E-state index contributed by atoms with van der Waals surface area (Å²) in [4.78, 5) is 15.2. The number of hydrogen-bond acceptors (Lipinski definition) is 3. The molecule has 3 heteroatoms. The Bertz CT molecular complexity index is 470. The van der Waals surface area contributed by atoms with Crippen LogP contribution in [-0.2, 0) is 4.79 Å². The average Bonchev–Trinajstić information content (AvgIpc) is 2.25. The summed E-state index contributed by atoms with van der Waals surface area (Å²) in [6, 6.07) is 9.35. The van der Waals surface area contributed by atoms with Crippen LogP contribution in [0.2, 0.25) is 0 Å². The van der Waals surface area contributed by atoms with Gasteiger partial charge in [0.1, 0.15) is 0 Å². The van der Waals surface area contributed by atoms with Crippen molar-refractivity contribution in [2.24, 2.45) is 4.99 Å². The van der Waals surface area contributed by atoms with Crippen LogP contribution in [0.4, 0.5) is 5.69 Å². The Morgan fingerprint density at radius 1 is 1.07 bits per heavy atom. The molecular weight excluding hydrogens is 190 g/mol. The van der Waals surface area contributed by atoms with E-state index in [9.17, 15) is 9.90 Å². The summed E-state index contributed by atoms with van der Waals surface area (Å²) in [7, 11) is 0. The summed E-state index contributed by atoms with van der Waals surface area (Å²) >= 11 is 0. The summed E-state index contributed by atoms with van der Waals surface area (Å²) < 4.78 is 0. The van der Waals surface area contributed by atoms with Gasteiger partial charge in [0.15, 0.2) is 5.76 Å². The Hall–Kier alpha value is -2.16. The predicted molar refractivity (Wildman–Crippen MR) is 58.4 cm³/mol. The number of aliphatic hydroxyl groups is 1. The summed E-state index contributed by atoms with van der Waals surface area (Å²) in [5.74, 6) is -0.658. The minimum absolute atomic E-state index is 0.271. The number of carbonyl (C=O) groups excluding carboxylic acids is 1. The van der Waals surface area contributed by atoms with Crippen LogP contribution in [0.1, 0.15) is 0 Å². The highest BCUT2D eigenvalue weighted by atomic mass is 16.3. The molecule has 0 bridgehead atoms. The van der Waals surface area contributed by atoms with Crippen molar-refractivity contribution in [3.05, 3.63) is 54.3 Å². The van der Waals surface area contributed by atoms with Gasteiger partial charge in [-0.05, 0) is 24.3 Å². The first-order valence-electron chi connectivity index (χ1n) is 4.52. The number of aliphatic hydroxyl groups excluding tert-OH is 1. The van der Waals surface area contributed by atoms with Crippen LogP contribution in [0.15, 0.2) is 59.3 Å². The molecule has 15 heavy (non-hydrogen) atoms. The zero-order chi connectivity index (χ0) is 10.7. The molecule has 3 nitrogen and oxygen atoms in total. The van der Waals surface area contributed by atoms with Crippen LogP contribution in [0, 0.1) is 0 Å². The third-order valence-corrected chi connectivity index (χ3v) is 1.96. The predicted octanol–water partition coefficient (Wildman–Crippen LogP) is 2.34. The molecule has 74 valence electrons. The third-order valence-electron chi connectivity index (χ3n) is 1.96. The van der Waals surface area contributed by atoms with E-state index in [0.29, 0.717) is 5.71 Å². The van der Waals surface area contributed by atoms with Crippen molar-refractivity contribution in [3.8, 4) is 0 Å². The van der Waals surface area contributed by atoms with E-state index in [2.05, 4.69) is 4.99 Å². The van der Waals surface area contributed by atoms with Crippen molar-refractivity contribution >= 4 is 17.2 Å². The van der Waals surface area contributed by atoms with Crippen molar-refractivity contribution in [3.63, 3.8) is 0 Å². The molecule has 0 spiro atoms. The maximum atomic E-state index is 10.9. The van der Waals surface area contributed by atoms with Gasteiger partial charge in [-0.1, -0.05) is 18.2 Å². The lowest BCUT2D eigenvalue weighted by molar-refractivity contribution is -0.113. The standard InChI is InChI=1S/C12H9NO2/c14-11-7-6-10(8-12(11)15)13-9-4-2-1-3-5-9/h1-8,15H/b13-10-. The Labute approximate surface area is 87.1 Å². The van der Waals surface area contributed by atoms with Gasteiger partial charge < -0.3 is 5.11 Å². The van der Waals surface area contributed by atoms with Crippen molar-refractivity contribution in [1.29, 1.82) is 0 Å². The van der Waals surface area contributed by atoms with E-state index < -0.39 is 0 Å². The van der Waals surface area contributed by atoms with Crippen LogP contribution >= 0.6 is 0 Å². The average molecular weight is 199 g/mol. The monoisotopic (exact) mass is 199 g/mol. The van der Waals surface area contributed by atoms with E-state index >= 15 is 0 Å². The van der Waals surface area contributed by atoms with Crippen molar-refractivity contribution in [2.75, 3.05) is 0 Å². The molecule has 2 rings (SSSR count). The molecule has 0 aromatic heterocycles. The largest absolute Gasteiger partial charge is 0.504 e. The van der Waals surface area contributed by atoms with Gasteiger partial charge in [-0.15, -0.1) is 0 Å². The lowest BCUT2D eigenvalue weighted by atomic mass is 10.1. The van der Waals surface area contributed by atoms with Gasteiger partial charge in [0.25, 0.3) is 0 Å². The second kappa shape index (κ2) is 3.92. The van der Waals surface area contributed by atoms with Gasteiger partial charge in [0.05, 0.1) is 11.4 Å². The first kappa shape index (κ1) is 9.40. The fourth-order valence-corrected chi connectivity index (χ4v) is 1.23.